The van der Waals surface area contributed by atoms with Gasteiger partial charge in [0.1, 0.15) is 6.10 Å². The van der Waals surface area contributed by atoms with Gasteiger partial charge in [0.05, 0.1) is 6.10 Å². The van der Waals surface area contributed by atoms with Gasteiger partial charge in [-0.05, 0) is 137 Å². The van der Waals surface area contributed by atoms with Crippen molar-refractivity contribution in [2.75, 3.05) is 0 Å². The van der Waals surface area contributed by atoms with Gasteiger partial charge in [-0.1, -0.05) is 134 Å². The van der Waals surface area contributed by atoms with Crippen molar-refractivity contribution in [1.82, 2.24) is 0 Å². The molecule has 0 aromatic rings. The average Bonchev–Trinajstić information content (AvgIpc) is 3.47. The maximum absolute atomic E-state index is 13.3. The van der Waals surface area contributed by atoms with Gasteiger partial charge in [-0.3, -0.25) is 4.79 Å². The fourth-order valence-corrected chi connectivity index (χ4v) is 11.2. The van der Waals surface area contributed by atoms with E-state index in [2.05, 4.69) is 115 Å². The molecule has 0 radical (unpaired) electrons. The van der Waals surface area contributed by atoms with E-state index < -0.39 is 6.10 Å². The Labute approximate surface area is 320 Å². The molecule has 0 bridgehead atoms. The molecule has 0 heterocycles. The third-order valence-electron chi connectivity index (χ3n) is 14.3. The summed E-state index contributed by atoms with van der Waals surface area (Å²) in [6, 6.07) is 0. The first-order valence-electron chi connectivity index (χ1n) is 21.9. The average molecular weight is 715 g/mol. The lowest BCUT2D eigenvalue weighted by Crippen LogP contribution is -2.56. The minimum absolute atomic E-state index is 0.0911. The Balaban J connectivity index is 1.25. The van der Waals surface area contributed by atoms with Gasteiger partial charge in [0.2, 0.25) is 0 Å². The van der Waals surface area contributed by atoms with Crippen molar-refractivity contribution in [1.29, 1.82) is 0 Å². The number of allylic oxidation sites excluding steroid dienone is 11. The van der Waals surface area contributed by atoms with Crippen LogP contribution < -0.4 is 0 Å². The van der Waals surface area contributed by atoms with Gasteiger partial charge in [-0.2, -0.15) is 0 Å². The molecule has 1 unspecified atom stereocenters. The van der Waals surface area contributed by atoms with Crippen molar-refractivity contribution >= 4 is 5.97 Å². The first kappa shape index (κ1) is 42.6. The monoisotopic (exact) mass is 715 g/mol. The van der Waals surface area contributed by atoms with E-state index in [1.54, 1.807) is 0 Å². The number of carbonyl (C=O) groups is 1. The molecule has 3 saturated carbocycles. The van der Waals surface area contributed by atoms with E-state index in [0.717, 1.165) is 56.8 Å². The molecule has 0 aliphatic heterocycles. The molecular formula is C49H78O3. The van der Waals surface area contributed by atoms with Crippen LogP contribution in [-0.2, 0) is 9.53 Å². The van der Waals surface area contributed by atoms with Crippen molar-refractivity contribution < 1.29 is 14.6 Å². The SMILES string of the molecule is CCCCC/C=C\C/C=C\C/C=C\C/C=C\CCCC(=O)OC1C[C@@H](O)CC2=CC[C@H]3[C@@H]4CC[C@H]([C@H](C)/C=C/[C@H](CC)C(C)C)[C@@]4(C)CC[C@@H]3[C@]21C. The molecule has 4 rings (SSSR count). The fraction of sp³-hybridized carbons (Fsp3) is 0.735. The van der Waals surface area contributed by atoms with Gasteiger partial charge in [0.25, 0.3) is 0 Å². The number of esters is 1. The number of carbonyl (C=O) groups excluding carboxylic acids is 1. The van der Waals surface area contributed by atoms with Gasteiger partial charge >= 0.3 is 5.97 Å². The second-order valence-corrected chi connectivity index (χ2v) is 18.0. The molecule has 0 saturated heterocycles. The predicted molar refractivity (Wildman–Crippen MR) is 222 cm³/mol. The van der Waals surface area contributed by atoms with E-state index in [-0.39, 0.29) is 17.5 Å². The maximum atomic E-state index is 13.3. The number of aliphatic hydroxyl groups is 1. The zero-order valence-electron chi connectivity index (χ0n) is 34.5. The molecule has 1 N–H and O–H groups in total. The molecule has 0 spiro atoms. The summed E-state index contributed by atoms with van der Waals surface area (Å²) in [6.45, 7) is 16.8. The van der Waals surface area contributed by atoms with E-state index in [0.29, 0.717) is 47.8 Å². The number of hydrogen-bond donors (Lipinski definition) is 1. The number of fused-ring (bicyclic) bond motifs is 5. The van der Waals surface area contributed by atoms with Crippen LogP contribution in [0, 0.1) is 52.3 Å². The molecule has 3 fully saturated rings. The van der Waals surface area contributed by atoms with E-state index in [9.17, 15) is 9.90 Å². The number of aliphatic hydroxyl groups excluding tert-OH is 1. The Morgan fingerprint density at radius 3 is 2.15 bits per heavy atom. The number of ether oxygens (including phenoxy) is 1. The minimum Gasteiger partial charge on any atom is -0.461 e. The number of unbranched alkanes of at least 4 members (excludes halogenated alkanes) is 4. The summed E-state index contributed by atoms with van der Waals surface area (Å²) in [7, 11) is 0. The van der Waals surface area contributed by atoms with E-state index in [1.807, 2.05) is 0 Å². The van der Waals surface area contributed by atoms with Crippen molar-refractivity contribution in [3.05, 3.63) is 72.4 Å². The van der Waals surface area contributed by atoms with Crippen molar-refractivity contribution in [2.45, 2.75) is 176 Å². The van der Waals surface area contributed by atoms with E-state index in [4.69, 9.17) is 4.74 Å². The lowest BCUT2D eigenvalue weighted by atomic mass is 9.46. The zero-order chi connectivity index (χ0) is 37.6. The summed E-state index contributed by atoms with van der Waals surface area (Å²) in [5.41, 5.74) is 1.57. The standard InChI is InChI=1S/C49H78O3/c1-8-10-11-12-13-14-15-16-17-18-19-20-21-22-23-24-25-26-47(51)52-46-36-41(50)35-40-29-30-42-44-32-31-43(38(5)27-28-39(9-2)37(3)4)48(44,6)34-33-45(42)49(40,46)7/h13-14,16-17,19-20,22-23,27-29,37-39,41-46,50H,8-12,15,18,21,24-26,30-36H2,1-7H3/b14-13-,17-16-,20-19-,23-22-,28-27+/t38-,39+,41+,42+,43-,44+,45+,46?,48-,49+/m1/s1. The molecule has 3 heteroatoms. The topological polar surface area (TPSA) is 46.5 Å². The fourth-order valence-electron chi connectivity index (χ4n) is 11.2. The molecule has 292 valence electrons. The molecule has 3 nitrogen and oxygen atoms in total. The Hall–Kier alpha value is -2.13. The second-order valence-electron chi connectivity index (χ2n) is 18.0. The van der Waals surface area contributed by atoms with Gasteiger partial charge in [0, 0.05) is 18.3 Å². The summed E-state index contributed by atoms with van der Waals surface area (Å²) in [5.74, 6) is 4.51. The Kier molecular flexibility index (Phi) is 17.3. The first-order chi connectivity index (χ1) is 25.1. The van der Waals surface area contributed by atoms with Crippen LogP contribution in [0.4, 0.5) is 0 Å². The van der Waals surface area contributed by atoms with Crippen LogP contribution in [0.3, 0.4) is 0 Å². The highest BCUT2D eigenvalue weighted by atomic mass is 16.5. The summed E-state index contributed by atoms with van der Waals surface area (Å²) in [6.07, 6.45) is 43.8. The van der Waals surface area contributed by atoms with Crippen LogP contribution in [0.15, 0.2) is 72.4 Å². The van der Waals surface area contributed by atoms with Crippen LogP contribution in [0.2, 0.25) is 0 Å². The number of rotatable bonds is 20. The summed E-state index contributed by atoms with van der Waals surface area (Å²) in [4.78, 5) is 13.3. The summed E-state index contributed by atoms with van der Waals surface area (Å²) in [5, 5.41) is 10.9. The highest BCUT2D eigenvalue weighted by molar-refractivity contribution is 5.69. The molecule has 0 aromatic heterocycles. The first-order valence-corrected chi connectivity index (χ1v) is 21.9. The molecule has 0 amide bonds. The maximum Gasteiger partial charge on any atom is 0.306 e. The lowest BCUT2D eigenvalue weighted by Gasteiger charge is -2.60. The molecule has 10 atom stereocenters. The highest BCUT2D eigenvalue weighted by Crippen LogP contribution is 2.67. The highest BCUT2D eigenvalue weighted by Gasteiger charge is 2.61. The van der Waals surface area contributed by atoms with Crippen molar-refractivity contribution in [3.63, 3.8) is 0 Å². The molecule has 4 aliphatic carbocycles. The molecule has 4 aliphatic rings. The summed E-state index contributed by atoms with van der Waals surface area (Å²) < 4.78 is 6.40. The second kappa shape index (κ2) is 21.1. The Morgan fingerprint density at radius 2 is 1.52 bits per heavy atom. The predicted octanol–water partition coefficient (Wildman–Crippen LogP) is 13.5. The smallest absolute Gasteiger partial charge is 0.306 e. The lowest BCUT2D eigenvalue weighted by molar-refractivity contribution is -0.169. The third kappa shape index (κ3) is 11.0. The van der Waals surface area contributed by atoms with Crippen molar-refractivity contribution in [3.8, 4) is 0 Å². The number of hydrogen-bond acceptors (Lipinski definition) is 3. The van der Waals surface area contributed by atoms with Crippen molar-refractivity contribution in [2.24, 2.45) is 52.3 Å². The van der Waals surface area contributed by atoms with Gasteiger partial charge < -0.3 is 9.84 Å². The van der Waals surface area contributed by atoms with Gasteiger partial charge in [-0.25, -0.2) is 0 Å². The molecular weight excluding hydrogens is 637 g/mol. The third-order valence-corrected chi connectivity index (χ3v) is 14.3. The minimum atomic E-state index is -0.424. The van der Waals surface area contributed by atoms with Gasteiger partial charge in [0.15, 0.2) is 0 Å². The van der Waals surface area contributed by atoms with Crippen LogP contribution in [0.25, 0.3) is 0 Å². The quantitative estimate of drug-likeness (QED) is 0.0776. The normalized spacial score (nSPS) is 33.3. The zero-order valence-corrected chi connectivity index (χ0v) is 34.5. The Bertz CT molecular complexity index is 1260. The van der Waals surface area contributed by atoms with Crippen LogP contribution in [0.1, 0.15) is 164 Å². The van der Waals surface area contributed by atoms with Gasteiger partial charge in [-0.15, -0.1) is 0 Å². The van der Waals surface area contributed by atoms with Crippen LogP contribution >= 0.6 is 0 Å². The van der Waals surface area contributed by atoms with Crippen LogP contribution in [0.5, 0.6) is 0 Å². The van der Waals surface area contributed by atoms with E-state index in [1.165, 1.54) is 63.4 Å². The molecule has 52 heavy (non-hydrogen) atoms. The summed E-state index contributed by atoms with van der Waals surface area (Å²) >= 11 is 0. The van der Waals surface area contributed by atoms with E-state index >= 15 is 0 Å². The molecule has 0 aromatic carbocycles. The largest absolute Gasteiger partial charge is 0.461 e. The Morgan fingerprint density at radius 1 is 0.865 bits per heavy atom. The van der Waals surface area contributed by atoms with Crippen LogP contribution in [-0.4, -0.2) is 23.3 Å².